The number of aromatic hydroxyl groups is 1. The summed E-state index contributed by atoms with van der Waals surface area (Å²) in [5, 5.41) is 62.3. The standard InChI is InChI=1S/C9H11NO4.C9H13NO2.C7H7NO3.C2H5BrO.CH4O/c1-7-2-3-9(14-5-4-11)8(6-7)10(12)13;1-7-2-3-9(8(10)6-7)12-5-4-11;1-5-2-3-7(9)6(4-5)8(10)11;3-1-2-4;1-2/h2-3,6,11H,4-5H2,1H3;2-3,6,11H,4-5,10H2,1H3;2-4,9H,1H3;4H,1-2H2;2H,1H3. The molecule has 0 radical (unpaired) electrons. The lowest BCUT2D eigenvalue weighted by Crippen LogP contribution is -2.03. The van der Waals surface area contributed by atoms with Gasteiger partial charge in [0.25, 0.3) is 0 Å². The summed E-state index contributed by atoms with van der Waals surface area (Å²) < 4.78 is 10.2. The molecule has 0 saturated carbocycles. The second-order valence-corrected chi connectivity index (χ2v) is 8.87. The Hall–Kier alpha value is -4.02. The molecule has 0 aromatic heterocycles. The first-order valence-electron chi connectivity index (χ1n) is 12.6. The summed E-state index contributed by atoms with van der Waals surface area (Å²) in [5.41, 5.74) is 8.61. The van der Waals surface area contributed by atoms with E-state index in [1.165, 1.54) is 24.3 Å². The minimum atomic E-state index is -0.609. The van der Waals surface area contributed by atoms with Crippen molar-refractivity contribution in [3.05, 3.63) is 91.5 Å². The molecular formula is C28H40BrN3O11. The van der Waals surface area contributed by atoms with E-state index in [9.17, 15) is 20.2 Å². The average molecular weight is 675 g/mol. The minimum absolute atomic E-state index is 0.00726. The van der Waals surface area contributed by atoms with Crippen molar-refractivity contribution in [1.82, 2.24) is 0 Å². The Labute approximate surface area is 258 Å². The van der Waals surface area contributed by atoms with Crippen molar-refractivity contribution in [2.75, 3.05) is 51.2 Å². The van der Waals surface area contributed by atoms with Crippen molar-refractivity contribution in [1.29, 1.82) is 0 Å². The van der Waals surface area contributed by atoms with Crippen LogP contribution in [0.3, 0.4) is 0 Å². The van der Waals surface area contributed by atoms with Gasteiger partial charge in [0.05, 0.1) is 35.4 Å². The van der Waals surface area contributed by atoms with E-state index in [1.54, 1.807) is 32.0 Å². The van der Waals surface area contributed by atoms with Crippen LogP contribution >= 0.6 is 15.9 Å². The fourth-order valence-electron chi connectivity index (χ4n) is 2.78. The topological polar surface area (TPSA) is 232 Å². The Balaban J connectivity index is 0. The number of anilines is 1. The van der Waals surface area contributed by atoms with Gasteiger partial charge in [0, 0.05) is 24.6 Å². The number of halogens is 1. The third kappa shape index (κ3) is 18.2. The third-order valence-corrected chi connectivity index (χ3v) is 4.94. The van der Waals surface area contributed by atoms with E-state index in [0.29, 0.717) is 16.8 Å². The predicted octanol–water partition coefficient (Wildman–Crippen LogP) is 3.81. The van der Waals surface area contributed by atoms with E-state index in [-0.39, 0.29) is 55.9 Å². The van der Waals surface area contributed by atoms with E-state index in [1.807, 2.05) is 19.1 Å². The Morgan fingerprint density at radius 1 is 0.721 bits per heavy atom. The molecule has 0 heterocycles. The van der Waals surface area contributed by atoms with Crippen LogP contribution in [-0.4, -0.2) is 80.9 Å². The molecule has 14 nitrogen and oxygen atoms in total. The molecule has 3 rings (SSSR count). The fourth-order valence-corrected chi connectivity index (χ4v) is 2.78. The molecule has 0 atom stereocenters. The van der Waals surface area contributed by atoms with Gasteiger partial charge in [0.2, 0.25) is 0 Å². The first kappa shape index (κ1) is 41.1. The number of aryl methyl sites for hydroxylation is 3. The Kier molecular flexibility index (Phi) is 23.5. The van der Waals surface area contributed by atoms with Crippen LogP contribution in [0.15, 0.2) is 54.6 Å². The maximum Gasteiger partial charge on any atom is 0.311 e. The number of nitrogens with two attached hydrogens (primary N) is 1. The average Bonchev–Trinajstić information content (AvgIpc) is 2.99. The van der Waals surface area contributed by atoms with Crippen LogP contribution in [0.25, 0.3) is 0 Å². The molecule has 0 aliphatic carbocycles. The molecule has 3 aromatic carbocycles. The van der Waals surface area contributed by atoms with Gasteiger partial charge >= 0.3 is 11.4 Å². The number of benzene rings is 3. The number of hydrogen-bond donors (Lipinski definition) is 6. The zero-order chi connectivity index (χ0) is 33.4. The van der Waals surface area contributed by atoms with E-state index >= 15 is 0 Å². The number of ether oxygens (including phenoxy) is 2. The number of rotatable bonds is 9. The number of nitrogens with zero attached hydrogens (tertiary/aromatic N) is 2. The summed E-state index contributed by atoms with van der Waals surface area (Å²) in [6, 6.07) is 14.5. The molecule has 0 aliphatic heterocycles. The monoisotopic (exact) mass is 673 g/mol. The minimum Gasteiger partial charge on any atom is -0.502 e. The largest absolute Gasteiger partial charge is 0.502 e. The first-order chi connectivity index (χ1) is 20.4. The van der Waals surface area contributed by atoms with Crippen LogP contribution in [-0.2, 0) is 0 Å². The van der Waals surface area contributed by atoms with Crippen LogP contribution in [0.5, 0.6) is 17.2 Å². The Bertz CT molecular complexity index is 1230. The highest BCUT2D eigenvalue weighted by Gasteiger charge is 2.14. The van der Waals surface area contributed by atoms with Gasteiger partial charge in [-0.05, 0) is 61.7 Å². The number of nitrogen functional groups attached to an aromatic ring is 1. The first-order valence-corrected chi connectivity index (χ1v) is 13.7. The summed E-state index contributed by atoms with van der Waals surface area (Å²) in [6.45, 7) is 5.89. The van der Waals surface area contributed by atoms with Crippen LogP contribution in [0, 0.1) is 41.0 Å². The summed E-state index contributed by atoms with van der Waals surface area (Å²) >= 11 is 3.00. The van der Waals surface area contributed by atoms with E-state index < -0.39 is 9.85 Å². The maximum absolute atomic E-state index is 10.6. The van der Waals surface area contributed by atoms with Crippen LogP contribution in [0.1, 0.15) is 16.7 Å². The molecule has 0 saturated heterocycles. The fraction of sp³-hybridized carbons (Fsp3) is 0.357. The summed E-state index contributed by atoms with van der Waals surface area (Å²) in [5.74, 6) is 0.532. The van der Waals surface area contributed by atoms with E-state index in [0.717, 1.165) is 23.8 Å². The molecule has 0 fully saturated rings. The van der Waals surface area contributed by atoms with Crippen LogP contribution < -0.4 is 15.2 Å². The summed E-state index contributed by atoms with van der Waals surface area (Å²) in [6.07, 6.45) is 0. The van der Waals surface area contributed by atoms with Gasteiger partial charge in [0.1, 0.15) is 19.0 Å². The van der Waals surface area contributed by atoms with Crippen LogP contribution in [0.4, 0.5) is 17.1 Å². The van der Waals surface area contributed by atoms with Crippen molar-refractivity contribution < 1.29 is 44.9 Å². The lowest BCUT2D eigenvalue weighted by molar-refractivity contribution is -0.386. The quantitative estimate of drug-likeness (QED) is 0.0823. The number of nitro groups is 2. The maximum atomic E-state index is 10.6. The van der Waals surface area contributed by atoms with Crippen molar-refractivity contribution in [2.24, 2.45) is 0 Å². The number of nitro benzene ring substituents is 2. The summed E-state index contributed by atoms with van der Waals surface area (Å²) in [4.78, 5) is 19.7. The molecule has 0 spiro atoms. The number of hydrogen-bond acceptors (Lipinski definition) is 12. The predicted molar refractivity (Wildman–Crippen MR) is 167 cm³/mol. The lowest BCUT2D eigenvalue weighted by Gasteiger charge is -2.07. The molecule has 43 heavy (non-hydrogen) atoms. The van der Waals surface area contributed by atoms with Crippen molar-refractivity contribution in [2.45, 2.75) is 20.8 Å². The highest BCUT2D eigenvalue weighted by molar-refractivity contribution is 9.09. The van der Waals surface area contributed by atoms with Gasteiger partial charge in [-0.25, -0.2) is 0 Å². The molecular weight excluding hydrogens is 634 g/mol. The van der Waals surface area contributed by atoms with E-state index in [2.05, 4.69) is 15.9 Å². The SMILES string of the molecule is CO.Cc1ccc(O)c([N+](=O)[O-])c1.Cc1ccc(OCCO)c(N)c1.Cc1ccc(OCCO)c([N+](=O)[O-])c1.OCCBr. The third-order valence-electron chi connectivity index (χ3n) is 4.59. The van der Waals surface area contributed by atoms with Crippen molar-refractivity contribution in [3.63, 3.8) is 0 Å². The molecule has 0 aliphatic rings. The Morgan fingerprint density at radius 2 is 1.12 bits per heavy atom. The zero-order valence-corrected chi connectivity index (χ0v) is 26.1. The molecule has 0 amide bonds. The van der Waals surface area contributed by atoms with Crippen molar-refractivity contribution in [3.8, 4) is 17.2 Å². The van der Waals surface area contributed by atoms with Crippen molar-refractivity contribution >= 4 is 33.0 Å². The Morgan fingerprint density at radius 3 is 1.51 bits per heavy atom. The number of phenols is 1. The highest BCUT2D eigenvalue weighted by Crippen LogP contribution is 2.27. The van der Waals surface area contributed by atoms with Gasteiger partial charge in [-0.15, -0.1) is 0 Å². The lowest BCUT2D eigenvalue weighted by atomic mass is 10.2. The van der Waals surface area contributed by atoms with Gasteiger partial charge in [0.15, 0.2) is 11.5 Å². The number of alkyl halides is 1. The van der Waals surface area contributed by atoms with Gasteiger partial charge in [-0.1, -0.05) is 34.1 Å². The number of phenolic OH excluding ortho intramolecular Hbond substituents is 1. The molecule has 3 aromatic rings. The molecule has 0 bridgehead atoms. The number of aliphatic hydroxyl groups excluding tert-OH is 4. The zero-order valence-electron chi connectivity index (χ0n) is 24.5. The van der Waals surface area contributed by atoms with Crippen LogP contribution in [0.2, 0.25) is 0 Å². The van der Waals surface area contributed by atoms with Gasteiger partial charge in [-0.3, -0.25) is 20.2 Å². The molecule has 0 unspecified atom stereocenters. The second-order valence-electron chi connectivity index (χ2n) is 8.08. The second kappa shape index (κ2) is 24.6. The molecule has 15 heteroatoms. The van der Waals surface area contributed by atoms with Gasteiger partial charge in [-0.2, -0.15) is 0 Å². The molecule has 240 valence electrons. The normalized spacial score (nSPS) is 9.23. The number of aliphatic hydroxyl groups is 4. The van der Waals surface area contributed by atoms with E-state index in [4.69, 9.17) is 40.7 Å². The molecule has 7 N–H and O–H groups in total. The van der Waals surface area contributed by atoms with Gasteiger partial charge < -0.3 is 40.7 Å². The smallest absolute Gasteiger partial charge is 0.311 e. The summed E-state index contributed by atoms with van der Waals surface area (Å²) in [7, 11) is 1.00. The highest BCUT2D eigenvalue weighted by atomic mass is 79.9.